The summed E-state index contributed by atoms with van der Waals surface area (Å²) in [7, 11) is 0. The quantitative estimate of drug-likeness (QED) is 0.583. The van der Waals surface area contributed by atoms with Crippen molar-refractivity contribution in [2.24, 2.45) is 17.8 Å². The Morgan fingerprint density at radius 2 is 2.00 bits per heavy atom. The van der Waals surface area contributed by atoms with E-state index in [9.17, 15) is 9.18 Å². The van der Waals surface area contributed by atoms with Crippen molar-refractivity contribution in [2.75, 3.05) is 0 Å². The first-order valence-electron chi connectivity index (χ1n) is 10.4. The minimum atomic E-state index is -0.309. The van der Waals surface area contributed by atoms with E-state index in [1.165, 1.54) is 12.1 Å². The molecule has 2 saturated carbocycles. The van der Waals surface area contributed by atoms with Gasteiger partial charge in [-0.25, -0.2) is 4.39 Å². The van der Waals surface area contributed by atoms with Crippen LogP contribution in [0.3, 0.4) is 0 Å². The van der Waals surface area contributed by atoms with Gasteiger partial charge in [0.05, 0.1) is 11.0 Å². The summed E-state index contributed by atoms with van der Waals surface area (Å²) < 4.78 is 19.4. The molecular formula is C23H23ClFN3O2. The zero-order valence-corrected chi connectivity index (χ0v) is 17.3. The number of rotatable bonds is 6. The van der Waals surface area contributed by atoms with Gasteiger partial charge in [-0.05, 0) is 73.4 Å². The number of aromatic amines is 1. The second-order valence-corrected chi connectivity index (χ2v) is 8.75. The van der Waals surface area contributed by atoms with Crippen molar-refractivity contribution >= 4 is 28.5 Å². The Balaban J connectivity index is 1.17. The second-order valence-electron chi connectivity index (χ2n) is 8.31. The van der Waals surface area contributed by atoms with Crippen LogP contribution in [0.15, 0.2) is 42.5 Å². The van der Waals surface area contributed by atoms with Crippen molar-refractivity contribution in [2.45, 2.75) is 38.3 Å². The summed E-state index contributed by atoms with van der Waals surface area (Å²) in [4.78, 5) is 20.0. The number of aromatic nitrogens is 2. The number of hydrogen-bond acceptors (Lipinski definition) is 3. The highest BCUT2D eigenvalue weighted by Crippen LogP contribution is 2.60. The normalized spacial score (nSPS) is 25.7. The van der Waals surface area contributed by atoms with Gasteiger partial charge in [0, 0.05) is 22.7 Å². The molecule has 0 bridgehead atoms. The molecule has 30 heavy (non-hydrogen) atoms. The number of carbonyl (C=O) groups is 1. The zero-order chi connectivity index (χ0) is 20.8. The molecule has 0 aliphatic heterocycles. The summed E-state index contributed by atoms with van der Waals surface area (Å²) in [6.45, 7) is 2.11. The third kappa shape index (κ3) is 3.65. The van der Waals surface area contributed by atoms with E-state index in [1.54, 1.807) is 30.3 Å². The molecule has 0 saturated heterocycles. The number of nitrogens with zero attached hydrogens (tertiary/aromatic N) is 1. The Morgan fingerprint density at radius 1 is 1.27 bits per heavy atom. The van der Waals surface area contributed by atoms with Crippen LogP contribution >= 0.6 is 11.6 Å². The summed E-state index contributed by atoms with van der Waals surface area (Å²) in [5, 5.41) is 3.82. The molecular weight excluding hydrogens is 405 g/mol. The van der Waals surface area contributed by atoms with Crippen molar-refractivity contribution in [3.8, 4) is 6.01 Å². The predicted molar refractivity (Wildman–Crippen MR) is 113 cm³/mol. The summed E-state index contributed by atoms with van der Waals surface area (Å²) in [5.74, 6) is 1.26. The van der Waals surface area contributed by atoms with E-state index in [2.05, 4.69) is 22.2 Å². The van der Waals surface area contributed by atoms with Crippen molar-refractivity contribution in [3.63, 3.8) is 0 Å². The average Bonchev–Trinajstić information content (AvgIpc) is 3.05. The molecule has 5 atom stereocenters. The number of carbonyl (C=O) groups excluding carboxylic acids is 1. The van der Waals surface area contributed by atoms with Crippen molar-refractivity contribution in [1.29, 1.82) is 0 Å². The number of benzene rings is 2. The zero-order valence-electron chi connectivity index (χ0n) is 16.6. The summed E-state index contributed by atoms with van der Waals surface area (Å²) in [5.41, 5.74) is 1.97. The highest BCUT2D eigenvalue weighted by molar-refractivity contribution is 6.30. The lowest BCUT2D eigenvalue weighted by Crippen LogP contribution is -2.37. The lowest BCUT2D eigenvalue weighted by Gasteiger charge is -2.21. The molecule has 2 aliphatic rings. The molecule has 1 amide bonds. The molecule has 1 unspecified atom stereocenters. The van der Waals surface area contributed by atoms with Crippen LogP contribution in [0.5, 0.6) is 6.01 Å². The van der Waals surface area contributed by atoms with Crippen LogP contribution in [0.25, 0.3) is 11.0 Å². The smallest absolute Gasteiger partial charge is 0.294 e. The van der Waals surface area contributed by atoms with E-state index >= 15 is 0 Å². The maximum absolute atomic E-state index is 13.3. The lowest BCUT2D eigenvalue weighted by molar-refractivity contribution is 0.0923. The van der Waals surface area contributed by atoms with Gasteiger partial charge in [0.1, 0.15) is 11.9 Å². The summed E-state index contributed by atoms with van der Waals surface area (Å²) >= 11 is 5.91. The number of halogens is 2. The van der Waals surface area contributed by atoms with Crippen LogP contribution in [-0.4, -0.2) is 28.0 Å². The fraction of sp³-hybridized carbons (Fsp3) is 0.391. The summed E-state index contributed by atoms with van der Waals surface area (Å²) in [6.07, 6.45) is 2.91. The molecule has 7 heteroatoms. The second kappa shape index (κ2) is 7.58. The third-order valence-electron chi connectivity index (χ3n) is 6.50. The number of imidazole rings is 1. The third-order valence-corrected chi connectivity index (χ3v) is 6.75. The lowest BCUT2D eigenvalue weighted by atomic mass is 10.00. The van der Waals surface area contributed by atoms with E-state index in [-0.39, 0.29) is 23.9 Å². The van der Waals surface area contributed by atoms with Crippen LogP contribution in [-0.2, 0) is 0 Å². The van der Waals surface area contributed by atoms with E-state index in [0.29, 0.717) is 39.9 Å². The molecule has 1 heterocycles. The molecule has 0 radical (unpaired) electrons. The minimum Gasteiger partial charge on any atom is -0.461 e. The maximum Gasteiger partial charge on any atom is 0.294 e. The van der Waals surface area contributed by atoms with E-state index in [0.717, 1.165) is 24.8 Å². The van der Waals surface area contributed by atoms with E-state index < -0.39 is 0 Å². The van der Waals surface area contributed by atoms with Crippen LogP contribution in [0.4, 0.5) is 4.39 Å². The molecule has 2 aliphatic carbocycles. The molecule has 2 aromatic carbocycles. The van der Waals surface area contributed by atoms with Gasteiger partial charge in [-0.15, -0.1) is 0 Å². The van der Waals surface area contributed by atoms with Crippen LogP contribution in [0, 0.1) is 23.6 Å². The maximum atomic E-state index is 13.3. The Bertz CT molecular complexity index is 1070. The van der Waals surface area contributed by atoms with Crippen LogP contribution < -0.4 is 10.1 Å². The van der Waals surface area contributed by atoms with Gasteiger partial charge in [-0.3, -0.25) is 4.79 Å². The predicted octanol–water partition coefficient (Wildman–Crippen LogP) is 4.97. The van der Waals surface area contributed by atoms with Gasteiger partial charge in [0.25, 0.3) is 11.9 Å². The molecule has 3 aromatic rings. The first-order chi connectivity index (χ1) is 14.5. The van der Waals surface area contributed by atoms with Crippen molar-refractivity contribution in [3.05, 3.63) is 58.9 Å². The number of ether oxygens (including phenoxy) is 1. The van der Waals surface area contributed by atoms with Gasteiger partial charge in [0.15, 0.2) is 0 Å². The number of amides is 1. The Morgan fingerprint density at radius 3 is 2.70 bits per heavy atom. The highest BCUT2D eigenvalue weighted by atomic mass is 35.5. The number of nitrogens with one attached hydrogen (secondary N) is 2. The number of fused-ring (bicyclic) bond motifs is 2. The van der Waals surface area contributed by atoms with Crippen molar-refractivity contribution in [1.82, 2.24) is 15.3 Å². The fourth-order valence-corrected chi connectivity index (χ4v) is 5.15. The average molecular weight is 428 g/mol. The van der Waals surface area contributed by atoms with E-state index in [4.69, 9.17) is 16.3 Å². The van der Waals surface area contributed by atoms with Gasteiger partial charge < -0.3 is 15.0 Å². The number of hydrogen-bond donors (Lipinski definition) is 2. The Kier molecular flexibility index (Phi) is 4.89. The monoisotopic (exact) mass is 427 g/mol. The fourth-order valence-electron chi connectivity index (χ4n) is 5.03. The topological polar surface area (TPSA) is 67.0 Å². The first kappa shape index (κ1) is 19.4. The van der Waals surface area contributed by atoms with Gasteiger partial charge in [-0.2, -0.15) is 4.98 Å². The molecule has 5 nitrogen and oxygen atoms in total. The van der Waals surface area contributed by atoms with E-state index in [1.807, 2.05) is 0 Å². The van der Waals surface area contributed by atoms with Crippen LogP contribution in [0.1, 0.15) is 36.5 Å². The molecule has 2 N–H and O–H groups in total. The molecule has 156 valence electrons. The van der Waals surface area contributed by atoms with Gasteiger partial charge in [-0.1, -0.05) is 18.5 Å². The van der Waals surface area contributed by atoms with Gasteiger partial charge in [0.2, 0.25) is 0 Å². The minimum absolute atomic E-state index is 0.0502. The molecule has 2 fully saturated rings. The molecule has 1 aromatic heterocycles. The van der Waals surface area contributed by atoms with Crippen LogP contribution in [0.2, 0.25) is 5.02 Å². The van der Waals surface area contributed by atoms with Gasteiger partial charge >= 0.3 is 0 Å². The molecule has 5 rings (SSSR count). The number of H-pyrrole nitrogens is 1. The first-order valence-corrected chi connectivity index (χ1v) is 10.8. The Hall–Kier alpha value is -2.60. The largest absolute Gasteiger partial charge is 0.461 e. The highest BCUT2D eigenvalue weighted by Gasteiger charge is 2.59. The molecule has 0 spiro atoms. The Labute approximate surface area is 179 Å². The SMILES string of the molecule is CCC(NC(=O)c1ccc(Cl)cc1)[C@H]1[C@@H]2C[C@@H](Oc3nc4cc(F)ccc4[nH]3)C[C@@H]21. The summed E-state index contributed by atoms with van der Waals surface area (Å²) in [6, 6.07) is 12.1. The van der Waals surface area contributed by atoms with Crippen molar-refractivity contribution < 1.29 is 13.9 Å². The standard InChI is InChI=1S/C23H23ClFN3O2/c1-2-18(26-22(29)12-3-5-13(24)6-4-12)21-16-10-15(11-17(16)21)30-23-27-19-8-7-14(25)9-20(19)28-23/h3-9,15-18,21H,2,10-11H2,1H3,(H,26,29)(H,27,28)/t15-,16-,17+,18?,21+.